The molecule has 1 heteroatoms. The lowest BCUT2D eigenvalue weighted by Crippen LogP contribution is -1.67. The lowest BCUT2D eigenvalue weighted by atomic mass is 10.2. The summed E-state index contributed by atoms with van der Waals surface area (Å²) in [4.78, 5) is 0. The molecule has 1 aromatic rings. The largest absolute Gasteiger partial charge is 0.508 e. The number of phenols is 1. The van der Waals surface area contributed by atoms with E-state index in [-0.39, 0.29) is 13.2 Å². The van der Waals surface area contributed by atoms with Gasteiger partial charge in [0.15, 0.2) is 0 Å². The van der Waals surface area contributed by atoms with E-state index in [9.17, 15) is 0 Å². The van der Waals surface area contributed by atoms with E-state index in [1.54, 1.807) is 24.3 Å². The summed E-state index contributed by atoms with van der Waals surface area (Å²) in [5.74, 6) is 0.285. The fourth-order valence-electron chi connectivity index (χ4n) is 0.652. The van der Waals surface area contributed by atoms with Crippen LogP contribution in [0.2, 0.25) is 0 Å². The molecular weight excluding hydrogens is 124 g/mol. The summed E-state index contributed by atoms with van der Waals surface area (Å²) in [5.41, 5.74) is 0.940. The summed E-state index contributed by atoms with van der Waals surface area (Å²) in [7, 11) is 0. The summed E-state index contributed by atoms with van der Waals surface area (Å²) >= 11 is 0. The van der Waals surface area contributed by atoms with Crippen molar-refractivity contribution in [2.75, 3.05) is 0 Å². The molecule has 0 aliphatic heterocycles. The van der Waals surface area contributed by atoms with E-state index in [2.05, 4.69) is 6.58 Å². The molecule has 1 rings (SSSR count). The first kappa shape index (κ1) is 8.76. The molecule has 0 spiro atoms. The zero-order valence-corrected chi connectivity index (χ0v) is 5.04. The number of phenolic OH excluding ortho intramolecular Hbond substituents is 1. The van der Waals surface area contributed by atoms with Crippen molar-refractivity contribution in [3.8, 4) is 5.75 Å². The van der Waals surface area contributed by atoms with Crippen LogP contribution < -0.4 is 0 Å². The highest BCUT2D eigenvalue weighted by molar-refractivity contribution is 5.49. The molecule has 0 bridgehead atoms. The van der Waals surface area contributed by atoms with Crippen molar-refractivity contribution in [3.05, 3.63) is 36.4 Å². The quantitative estimate of drug-likeness (QED) is 0.629. The van der Waals surface area contributed by atoms with Gasteiger partial charge in [0.1, 0.15) is 5.75 Å². The van der Waals surface area contributed by atoms with E-state index >= 15 is 0 Å². The van der Waals surface area contributed by atoms with Crippen molar-refractivity contribution in [3.63, 3.8) is 0 Å². The number of benzene rings is 1. The third-order valence-corrected chi connectivity index (χ3v) is 1.11. The van der Waals surface area contributed by atoms with Gasteiger partial charge in [-0.05, 0) is 17.7 Å². The highest BCUT2D eigenvalue weighted by atomic mass is 16.3. The first-order valence-electron chi connectivity index (χ1n) is 2.74. The minimum atomic E-state index is 0. The molecular formula is C9H12O. The smallest absolute Gasteiger partial charge is 0.116 e. The van der Waals surface area contributed by atoms with E-state index in [1.165, 1.54) is 0 Å². The lowest BCUT2D eigenvalue weighted by Gasteiger charge is -1.91. The summed E-state index contributed by atoms with van der Waals surface area (Å²) in [6.45, 7) is 3.56. The molecule has 10 heavy (non-hydrogen) atoms. The molecule has 1 nitrogen and oxygen atoms in total. The molecule has 0 aromatic heterocycles. The van der Waals surface area contributed by atoms with Crippen LogP contribution in [0.4, 0.5) is 0 Å². The Morgan fingerprint density at radius 3 is 2.50 bits per heavy atom. The summed E-state index contributed by atoms with van der Waals surface area (Å²) < 4.78 is 0. The Labute approximate surface area is 61.6 Å². The van der Waals surface area contributed by atoms with Crippen LogP contribution in [0, 0.1) is 0 Å². The van der Waals surface area contributed by atoms with Crippen molar-refractivity contribution < 1.29 is 5.11 Å². The Balaban J connectivity index is 0.000000810. The van der Waals surface area contributed by atoms with Crippen LogP contribution in [0.3, 0.4) is 0 Å². The van der Waals surface area contributed by atoms with Gasteiger partial charge in [0.05, 0.1) is 0 Å². The zero-order valence-electron chi connectivity index (χ0n) is 5.04. The van der Waals surface area contributed by atoms with E-state index in [4.69, 9.17) is 5.11 Å². The van der Waals surface area contributed by atoms with Crippen molar-refractivity contribution in [2.24, 2.45) is 0 Å². The average molecular weight is 136 g/mol. The van der Waals surface area contributed by atoms with Crippen molar-refractivity contribution in [1.82, 2.24) is 0 Å². The van der Waals surface area contributed by atoms with E-state index < -0.39 is 0 Å². The molecule has 54 valence electrons. The SMILES string of the molecule is C.C=Cc1cccc(O)c1. The predicted molar refractivity (Wildman–Crippen MR) is 44.9 cm³/mol. The molecule has 0 fully saturated rings. The van der Waals surface area contributed by atoms with Gasteiger partial charge in [-0.3, -0.25) is 0 Å². The van der Waals surface area contributed by atoms with Crippen LogP contribution in [0.5, 0.6) is 5.75 Å². The van der Waals surface area contributed by atoms with Crippen LogP contribution >= 0.6 is 0 Å². The molecule has 0 radical (unpaired) electrons. The van der Waals surface area contributed by atoms with E-state index in [0.29, 0.717) is 0 Å². The third kappa shape index (κ3) is 1.94. The monoisotopic (exact) mass is 136 g/mol. The van der Waals surface area contributed by atoms with E-state index in [0.717, 1.165) is 5.56 Å². The van der Waals surface area contributed by atoms with Gasteiger partial charge < -0.3 is 5.11 Å². The minimum absolute atomic E-state index is 0. The van der Waals surface area contributed by atoms with Crippen LogP contribution in [-0.2, 0) is 0 Å². The number of hydrogen-bond acceptors (Lipinski definition) is 1. The fourth-order valence-corrected chi connectivity index (χ4v) is 0.652. The Kier molecular flexibility index (Phi) is 3.26. The van der Waals surface area contributed by atoms with Gasteiger partial charge in [0.25, 0.3) is 0 Å². The van der Waals surface area contributed by atoms with Gasteiger partial charge in [0.2, 0.25) is 0 Å². The Morgan fingerprint density at radius 1 is 1.40 bits per heavy atom. The second kappa shape index (κ2) is 3.72. The van der Waals surface area contributed by atoms with Gasteiger partial charge in [-0.2, -0.15) is 0 Å². The highest BCUT2D eigenvalue weighted by Crippen LogP contribution is 2.10. The molecule has 1 N–H and O–H groups in total. The highest BCUT2D eigenvalue weighted by Gasteiger charge is 1.85. The van der Waals surface area contributed by atoms with Gasteiger partial charge >= 0.3 is 0 Å². The molecule has 0 unspecified atom stereocenters. The molecule has 0 saturated carbocycles. The number of aromatic hydroxyl groups is 1. The first-order valence-corrected chi connectivity index (χ1v) is 2.74. The van der Waals surface area contributed by atoms with Crippen LogP contribution in [0.25, 0.3) is 6.08 Å². The van der Waals surface area contributed by atoms with E-state index in [1.807, 2.05) is 6.07 Å². The number of rotatable bonds is 1. The second-order valence-electron chi connectivity index (χ2n) is 1.80. The molecule has 0 atom stereocenters. The number of hydrogen-bond donors (Lipinski definition) is 1. The predicted octanol–water partition coefficient (Wildman–Crippen LogP) is 2.67. The van der Waals surface area contributed by atoms with Crippen molar-refractivity contribution in [1.29, 1.82) is 0 Å². The summed E-state index contributed by atoms with van der Waals surface area (Å²) in [5, 5.41) is 8.90. The maximum absolute atomic E-state index is 8.90. The molecule has 0 heterocycles. The van der Waals surface area contributed by atoms with Crippen molar-refractivity contribution >= 4 is 6.08 Å². The van der Waals surface area contributed by atoms with Gasteiger partial charge in [-0.15, -0.1) is 0 Å². The summed E-state index contributed by atoms with van der Waals surface area (Å²) in [6, 6.07) is 6.96. The first-order chi connectivity index (χ1) is 4.33. The fraction of sp³-hybridized carbons (Fsp3) is 0.111. The van der Waals surface area contributed by atoms with Gasteiger partial charge in [0, 0.05) is 0 Å². The van der Waals surface area contributed by atoms with Gasteiger partial charge in [-0.25, -0.2) is 0 Å². The van der Waals surface area contributed by atoms with Gasteiger partial charge in [-0.1, -0.05) is 32.2 Å². The molecule has 0 aliphatic carbocycles. The molecule has 0 amide bonds. The maximum Gasteiger partial charge on any atom is 0.116 e. The van der Waals surface area contributed by atoms with Crippen molar-refractivity contribution in [2.45, 2.75) is 7.43 Å². The molecule has 1 aromatic carbocycles. The Bertz CT molecular complexity index is 216. The lowest BCUT2D eigenvalue weighted by molar-refractivity contribution is 0.475. The summed E-state index contributed by atoms with van der Waals surface area (Å²) in [6.07, 6.45) is 1.69. The minimum Gasteiger partial charge on any atom is -0.508 e. The van der Waals surface area contributed by atoms with Crippen LogP contribution in [0.15, 0.2) is 30.8 Å². The molecule has 0 saturated heterocycles. The Morgan fingerprint density at radius 2 is 2.10 bits per heavy atom. The standard InChI is InChI=1S/C8H8O.CH4/c1-2-7-4-3-5-8(9)6-7;/h2-6,9H,1H2;1H4. The Hall–Kier alpha value is -1.24. The topological polar surface area (TPSA) is 20.2 Å². The molecule has 0 aliphatic rings. The van der Waals surface area contributed by atoms with Crippen LogP contribution in [0.1, 0.15) is 13.0 Å². The zero-order chi connectivity index (χ0) is 6.69. The normalized spacial score (nSPS) is 8.00. The second-order valence-corrected chi connectivity index (χ2v) is 1.80. The maximum atomic E-state index is 8.90. The average Bonchev–Trinajstić information content (AvgIpc) is 1.88. The van der Waals surface area contributed by atoms with Crippen LogP contribution in [-0.4, -0.2) is 5.11 Å². The third-order valence-electron chi connectivity index (χ3n) is 1.11.